The molecule has 0 unspecified atom stereocenters. The molecule has 2 fully saturated rings. The molecule has 1 aromatic heterocycles. The summed E-state index contributed by atoms with van der Waals surface area (Å²) in [6.07, 6.45) is 1.10. The Labute approximate surface area is 155 Å². The van der Waals surface area contributed by atoms with Crippen molar-refractivity contribution in [3.63, 3.8) is 0 Å². The van der Waals surface area contributed by atoms with Gasteiger partial charge < -0.3 is 9.63 Å². The summed E-state index contributed by atoms with van der Waals surface area (Å²) in [6, 6.07) is 0. The van der Waals surface area contributed by atoms with Crippen LogP contribution in [0.1, 0.15) is 44.3 Å². The van der Waals surface area contributed by atoms with Gasteiger partial charge in [0.1, 0.15) is 0 Å². The number of hydrogen-bond donors (Lipinski definition) is 1. The van der Waals surface area contributed by atoms with E-state index in [2.05, 4.69) is 15.0 Å². The number of likely N-dealkylation sites (tertiary alicyclic amines) is 1. The molecule has 2 aliphatic heterocycles. The summed E-state index contributed by atoms with van der Waals surface area (Å²) in [7, 11) is -0.395. The van der Waals surface area contributed by atoms with Gasteiger partial charge in [0.15, 0.2) is 5.82 Å². The predicted octanol–water partition coefficient (Wildman–Crippen LogP) is 0.258. The van der Waals surface area contributed by atoms with Crippen LogP contribution in [0.25, 0.3) is 0 Å². The van der Waals surface area contributed by atoms with E-state index >= 15 is 0 Å². The topological polar surface area (TPSA) is 103 Å². The molecule has 0 saturated carbocycles. The van der Waals surface area contributed by atoms with Gasteiger partial charge in [-0.25, -0.2) is 0 Å². The smallest absolute Gasteiger partial charge is 0.281 e. The average Bonchev–Trinajstić information content (AvgIpc) is 3.03. The second-order valence-electron chi connectivity index (χ2n) is 7.89. The highest BCUT2D eigenvalue weighted by atomic mass is 32.2. The second-order valence-corrected chi connectivity index (χ2v) is 10.0. The molecule has 1 aromatic rings. The molecular weight excluding hydrogens is 358 g/mol. The van der Waals surface area contributed by atoms with Gasteiger partial charge in [0, 0.05) is 52.1 Å². The van der Waals surface area contributed by atoms with Crippen LogP contribution in [0.4, 0.5) is 0 Å². The summed E-state index contributed by atoms with van der Waals surface area (Å²) in [5, 5.41) is 15.0. The van der Waals surface area contributed by atoms with Crippen molar-refractivity contribution in [1.82, 2.24) is 23.7 Å². The number of aromatic nitrogens is 2. The van der Waals surface area contributed by atoms with E-state index in [0.717, 1.165) is 6.54 Å². The number of rotatable bonds is 5. The maximum Gasteiger partial charge on any atom is 0.281 e. The van der Waals surface area contributed by atoms with Crippen molar-refractivity contribution >= 4 is 10.2 Å². The first-order valence-electron chi connectivity index (χ1n) is 9.06. The first-order chi connectivity index (χ1) is 12.1. The molecule has 2 saturated heterocycles. The Morgan fingerprint density at radius 2 is 2.00 bits per heavy atom. The van der Waals surface area contributed by atoms with Gasteiger partial charge in [-0.05, 0) is 12.8 Å². The quantitative estimate of drug-likeness (QED) is 0.773. The summed E-state index contributed by atoms with van der Waals surface area (Å²) in [6.45, 7) is 6.58. The van der Waals surface area contributed by atoms with Gasteiger partial charge in [-0.2, -0.15) is 22.0 Å². The molecule has 10 heteroatoms. The fourth-order valence-electron chi connectivity index (χ4n) is 3.69. The second kappa shape index (κ2) is 7.16. The molecule has 0 radical (unpaired) electrons. The standard InChI is InChI=1S/C16H29N5O4S/c1-12(2)15-17-14(18-25-15)11-20-7-5-16(22)6-8-21(10-13(16)9-20)26(23,24)19(3)4/h12-13,22H,5-11H2,1-4H3/t13-,16-/m0/s1. The minimum atomic E-state index is -3.46. The zero-order valence-corrected chi connectivity index (χ0v) is 16.7. The molecule has 2 aliphatic rings. The number of piperidine rings is 2. The van der Waals surface area contributed by atoms with Crippen LogP contribution in [0, 0.1) is 5.92 Å². The predicted molar refractivity (Wildman–Crippen MR) is 95.5 cm³/mol. The SMILES string of the molecule is CC(C)c1nc(CN2CC[C@]3(O)CCN(S(=O)(=O)N(C)C)C[C@@H]3C2)no1. The number of nitrogens with zero attached hydrogens (tertiary/aromatic N) is 5. The van der Waals surface area contributed by atoms with Gasteiger partial charge in [-0.15, -0.1) is 0 Å². The fraction of sp³-hybridized carbons (Fsp3) is 0.875. The Morgan fingerprint density at radius 1 is 1.31 bits per heavy atom. The molecule has 1 N–H and O–H groups in total. The highest BCUT2D eigenvalue weighted by molar-refractivity contribution is 7.86. The third kappa shape index (κ3) is 3.79. The van der Waals surface area contributed by atoms with E-state index in [0.29, 0.717) is 50.7 Å². The number of hydrogen-bond acceptors (Lipinski definition) is 7. The van der Waals surface area contributed by atoms with E-state index in [1.54, 1.807) is 0 Å². The van der Waals surface area contributed by atoms with Crippen molar-refractivity contribution in [2.45, 2.75) is 44.8 Å². The fourth-order valence-corrected chi connectivity index (χ4v) is 4.84. The van der Waals surface area contributed by atoms with Crippen molar-refractivity contribution in [1.29, 1.82) is 0 Å². The van der Waals surface area contributed by atoms with E-state index in [9.17, 15) is 13.5 Å². The van der Waals surface area contributed by atoms with Gasteiger partial charge in [-0.1, -0.05) is 19.0 Å². The van der Waals surface area contributed by atoms with E-state index in [4.69, 9.17) is 4.52 Å². The molecule has 0 bridgehead atoms. The van der Waals surface area contributed by atoms with Crippen LogP contribution in [-0.2, 0) is 16.8 Å². The van der Waals surface area contributed by atoms with E-state index in [1.807, 2.05) is 13.8 Å². The highest BCUT2D eigenvalue weighted by Gasteiger charge is 2.47. The molecular formula is C16H29N5O4S. The summed E-state index contributed by atoms with van der Waals surface area (Å²) < 4.78 is 32.8. The van der Waals surface area contributed by atoms with Gasteiger partial charge in [0.2, 0.25) is 5.89 Å². The van der Waals surface area contributed by atoms with Gasteiger partial charge >= 0.3 is 0 Å². The summed E-state index contributed by atoms with van der Waals surface area (Å²) in [5.74, 6) is 1.31. The average molecular weight is 388 g/mol. The largest absolute Gasteiger partial charge is 0.389 e. The molecule has 2 atom stereocenters. The number of fused-ring (bicyclic) bond motifs is 1. The summed E-state index contributed by atoms with van der Waals surface area (Å²) >= 11 is 0. The molecule has 0 amide bonds. The Kier molecular flexibility index (Phi) is 5.42. The first-order valence-corrected chi connectivity index (χ1v) is 10.5. The molecule has 3 heterocycles. The van der Waals surface area contributed by atoms with Crippen molar-refractivity contribution in [3.8, 4) is 0 Å². The minimum Gasteiger partial charge on any atom is -0.389 e. The molecule has 0 aliphatic carbocycles. The molecule has 148 valence electrons. The Balaban J connectivity index is 1.68. The Morgan fingerprint density at radius 3 is 2.62 bits per heavy atom. The third-order valence-corrected chi connectivity index (χ3v) is 7.36. The normalized spacial score (nSPS) is 28.7. The number of aliphatic hydroxyl groups is 1. The molecule has 0 spiro atoms. The summed E-state index contributed by atoms with van der Waals surface area (Å²) in [5.41, 5.74) is -0.796. The van der Waals surface area contributed by atoms with E-state index in [-0.39, 0.29) is 11.8 Å². The minimum absolute atomic E-state index is 0.129. The molecule has 0 aromatic carbocycles. The van der Waals surface area contributed by atoms with Crippen molar-refractivity contribution in [3.05, 3.63) is 11.7 Å². The lowest BCUT2D eigenvalue weighted by molar-refractivity contribution is -0.103. The zero-order valence-electron chi connectivity index (χ0n) is 15.9. The van der Waals surface area contributed by atoms with E-state index in [1.165, 1.54) is 22.7 Å². The van der Waals surface area contributed by atoms with Crippen molar-refractivity contribution < 1.29 is 18.0 Å². The first kappa shape index (κ1) is 19.7. The van der Waals surface area contributed by atoms with Crippen molar-refractivity contribution in [2.24, 2.45) is 5.92 Å². The zero-order chi connectivity index (χ0) is 19.1. The van der Waals surface area contributed by atoms with Crippen LogP contribution in [0.2, 0.25) is 0 Å². The molecule has 3 rings (SSSR count). The van der Waals surface area contributed by atoms with Gasteiger partial charge in [0.25, 0.3) is 10.2 Å². The van der Waals surface area contributed by atoms with Crippen LogP contribution in [0.5, 0.6) is 0 Å². The van der Waals surface area contributed by atoms with Gasteiger partial charge in [0.05, 0.1) is 12.1 Å². The highest BCUT2D eigenvalue weighted by Crippen LogP contribution is 2.36. The van der Waals surface area contributed by atoms with Gasteiger partial charge in [-0.3, -0.25) is 4.90 Å². The lowest BCUT2D eigenvalue weighted by Crippen LogP contribution is -2.61. The van der Waals surface area contributed by atoms with Crippen LogP contribution >= 0.6 is 0 Å². The van der Waals surface area contributed by atoms with Crippen LogP contribution in [-0.4, -0.2) is 83.1 Å². The summed E-state index contributed by atoms with van der Waals surface area (Å²) in [4.78, 5) is 6.57. The lowest BCUT2D eigenvalue weighted by Gasteiger charge is -2.49. The Hall–Kier alpha value is -1.07. The molecule has 9 nitrogen and oxygen atoms in total. The van der Waals surface area contributed by atoms with Crippen LogP contribution in [0.3, 0.4) is 0 Å². The van der Waals surface area contributed by atoms with Crippen LogP contribution < -0.4 is 0 Å². The lowest BCUT2D eigenvalue weighted by atomic mass is 9.76. The maximum absolute atomic E-state index is 12.4. The van der Waals surface area contributed by atoms with E-state index < -0.39 is 15.8 Å². The van der Waals surface area contributed by atoms with Crippen molar-refractivity contribution in [2.75, 3.05) is 40.3 Å². The maximum atomic E-state index is 12.4. The third-order valence-electron chi connectivity index (χ3n) is 5.45. The molecule has 26 heavy (non-hydrogen) atoms. The van der Waals surface area contributed by atoms with Crippen LogP contribution in [0.15, 0.2) is 4.52 Å². The monoisotopic (exact) mass is 387 g/mol. The Bertz CT molecular complexity index is 735.